The van der Waals surface area contributed by atoms with E-state index in [4.69, 9.17) is 19.1 Å². The van der Waals surface area contributed by atoms with Gasteiger partial charge in [0.25, 0.3) is 10.1 Å². The van der Waals surface area contributed by atoms with Crippen LogP contribution in [0.4, 0.5) is 0 Å². The van der Waals surface area contributed by atoms with E-state index in [1.165, 1.54) is 5.56 Å². The first kappa shape index (κ1) is 23.9. The summed E-state index contributed by atoms with van der Waals surface area (Å²) in [7, 11) is -3.67. The number of aromatic nitrogens is 2. The Labute approximate surface area is 189 Å². The van der Waals surface area contributed by atoms with E-state index in [-0.39, 0.29) is 0 Å². The van der Waals surface area contributed by atoms with Crippen molar-refractivity contribution in [2.45, 2.75) is 6.92 Å². The maximum Gasteiger partial charge on any atom is 0.261 e. The van der Waals surface area contributed by atoms with Crippen LogP contribution in [0.25, 0.3) is 16.8 Å². The first-order chi connectivity index (χ1) is 15.3. The molecule has 1 aliphatic heterocycles. The normalized spacial score (nSPS) is 14.5. The highest BCUT2D eigenvalue weighted by molar-refractivity contribution is 7.85. The summed E-state index contributed by atoms with van der Waals surface area (Å²) in [5.74, 6) is 0.676. The van der Waals surface area contributed by atoms with Gasteiger partial charge in [0, 0.05) is 25.8 Å². The Hall–Kier alpha value is -2.72. The zero-order valence-corrected chi connectivity index (χ0v) is 19.2. The van der Waals surface area contributed by atoms with E-state index in [0.29, 0.717) is 18.7 Å². The summed E-state index contributed by atoms with van der Waals surface area (Å²) in [5, 5.41) is 4.72. The minimum absolute atomic E-state index is 0.616. The van der Waals surface area contributed by atoms with Gasteiger partial charge in [-0.05, 0) is 24.6 Å². The van der Waals surface area contributed by atoms with Crippen molar-refractivity contribution in [3.8, 4) is 22.7 Å². The molecule has 0 atom stereocenters. The Kier molecular flexibility index (Phi) is 8.40. The Bertz CT molecular complexity index is 1070. The fourth-order valence-electron chi connectivity index (χ4n) is 3.21. The lowest BCUT2D eigenvalue weighted by atomic mass is 10.1. The second-order valence-corrected chi connectivity index (χ2v) is 9.00. The van der Waals surface area contributed by atoms with Crippen molar-refractivity contribution in [2.75, 3.05) is 45.7 Å². The number of aryl methyl sites for hydroxylation is 1. The molecule has 1 aliphatic rings. The Morgan fingerprint density at radius 2 is 1.69 bits per heavy atom. The van der Waals surface area contributed by atoms with Crippen LogP contribution in [-0.4, -0.2) is 73.4 Å². The minimum atomic E-state index is -3.67. The molecule has 1 fully saturated rings. The maximum atomic E-state index is 9.19. The largest absolute Gasteiger partial charge is 0.475 e. The SMILES string of the molecule is CS(=O)(=O)O.Cc1ccc(-n2cc(-c3ccccc3)c(OCCN3CCOCC3)n2)cc1. The van der Waals surface area contributed by atoms with Crippen molar-refractivity contribution in [1.29, 1.82) is 0 Å². The third-order valence-electron chi connectivity index (χ3n) is 4.81. The molecule has 0 bridgehead atoms. The van der Waals surface area contributed by atoms with E-state index in [0.717, 1.165) is 49.7 Å². The molecule has 4 rings (SSSR count). The van der Waals surface area contributed by atoms with Crippen LogP contribution >= 0.6 is 0 Å². The van der Waals surface area contributed by atoms with Crippen molar-refractivity contribution >= 4 is 10.1 Å². The van der Waals surface area contributed by atoms with Gasteiger partial charge in [0.2, 0.25) is 5.88 Å². The van der Waals surface area contributed by atoms with Crippen molar-refractivity contribution in [3.05, 3.63) is 66.4 Å². The van der Waals surface area contributed by atoms with Crippen LogP contribution in [0.3, 0.4) is 0 Å². The quantitative estimate of drug-likeness (QED) is 0.566. The van der Waals surface area contributed by atoms with Gasteiger partial charge in [0.05, 0.1) is 30.7 Å². The summed E-state index contributed by atoms with van der Waals surface area (Å²) in [4.78, 5) is 2.36. The monoisotopic (exact) mass is 459 g/mol. The molecule has 1 saturated heterocycles. The highest BCUT2D eigenvalue weighted by Gasteiger charge is 2.15. The van der Waals surface area contributed by atoms with E-state index >= 15 is 0 Å². The molecule has 0 radical (unpaired) electrons. The number of benzene rings is 2. The second-order valence-electron chi connectivity index (χ2n) is 7.53. The molecule has 1 N–H and O–H groups in total. The summed E-state index contributed by atoms with van der Waals surface area (Å²) < 4.78 is 39.3. The maximum absolute atomic E-state index is 9.19. The van der Waals surface area contributed by atoms with E-state index in [1.54, 1.807) is 0 Å². The summed E-state index contributed by atoms with van der Waals surface area (Å²) in [5.41, 5.74) is 4.38. The highest BCUT2D eigenvalue weighted by Crippen LogP contribution is 2.30. The van der Waals surface area contributed by atoms with Crippen LogP contribution in [0.15, 0.2) is 60.8 Å². The molecule has 8 nitrogen and oxygen atoms in total. The van der Waals surface area contributed by atoms with Gasteiger partial charge in [-0.15, -0.1) is 5.10 Å². The molecular formula is C23H29N3O5S. The average Bonchev–Trinajstić information content (AvgIpc) is 3.19. The zero-order valence-electron chi connectivity index (χ0n) is 18.3. The fourth-order valence-corrected chi connectivity index (χ4v) is 3.21. The van der Waals surface area contributed by atoms with Gasteiger partial charge in [0.1, 0.15) is 6.61 Å². The van der Waals surface area contributed by atoms with Crippen molar-refractivity contribution < 1.29 is 22.4 Å². The van der Waals surface area contributed by atoms with Crippen LogP contribution in [0.1, 0.15) is 5.56 Å². The lowest BCUT2D eigenvalue weighted by molar-refractivity contribution is 0.0320. The number of hydrogen-bond acceptors (Lipinski definition) is 6. The highest BCUT2D eigenvalue weighted by atomic mass is 32.2. The van der Waals surface area contributed by atoms with E-state index in [2.05, 4.69) is 48.2 Å². The van der Waals surface area contributed by atoms with Gasteiger partial charge in [-0.1, -0.05) is 48.0 Å². The summed E-state index contributed by atoms with van der Waals surface area (Å²) in [6, 6.07) is 18.6. The first-order valence-electron chi connectivity index (χ1n) is 10.4. The van der Waals surface area contributed by atoms with Crippen molar-refractivity contribution in [2.24, 2.45) is 0 Å². The Morgan fingerprint density at radius 3 is 2.31 bits per heavy atom. The molecule has 9 heteroatoms. The third-order valence-corrected chi connectivity index (χ3v) is 4.81. The number of nitrogens with zero attached hydrogens (tertiary/aromatic N) is 3. The molecule has 0 amide bonds. The number of morpholine rings is 1. The average molecular weight is 460 g/mol. The van der Waals surface area contributed by atoms with Crippen molar-refractivity contribution in [1.82, 2.24) is 14.7 Å². The summed E-state index contributed by atoms with van der Waals surface area (Å²) in [6.45, 7) is 7.12. The third kappa shape index (κ3) is 7.76. The number of hydrogen-bond donors (Lipinski definition) is 1. The van der Waals surface area contributed by atoms with Crippen LogP contribution in [0.2, 0.25) is 0 Å². The molecule has 2 heterocycles. The molecule has 0 saturated carbocycles. The molecule has 0 unspecified atom stereocenters. The zero-order chi connectivity index (χ0) is 23.0. The van der Waals surface area contributed by atoms with Gasteiger partial charge in [0.15, 0.2) is 0 Å². The van der Waals surface area contributed by atoms with Gasteiger partial charge in [-0.2, -0.15) is 8.42 Å². The number of ether oxygens (including phenoxy) is 2. The molecular weight excluding hydrogens is 430 g/mol. The van der Waals surface area contributed by atoms with Crippen LogP contribution in [0.5, 0.6) is 5.88 Å². The van der Waals surface area contributed by atoms with E-state index in [1.807, 2.05) is 29.1 Å². The standard InChI is InChI=1S/C22H25N3O2.CH4O3S/c1-18-7-9-20(10-8-18)25-17-21(19-5-3-2-4-6-19)22(23-25)27-16-13-24-11-14-26-15-12-24;1-5(2,3)4/h2-10,17H,11-16H2,1H3;1H3,(H,2,3,4). The van der Waals surface area contributed by atoms with Crippen LogP contribution < -0.4 is 4.74 Å². The Balaban J connectivity index is 0.000000523. The van der Waals surface area contributed by atoms with E-state index in [9.17, 15) is 8.42 Å². The Morgan fingerprint density at radius 1 is 1.06 bits per heavy atom. The lowest BCUT2D eigenvalue weighted by Gasteiger charge is -2.26. The minimum Gasteiger partial charge on any atom is -0.475 e. The van der Waals surface area contributed by atoms with Crippen LogP contribution in [-0.2, 0) is 14.9 Å². The predicted octanol–water partition coefficient (Wildman–Crippen LogP) is 3.06. The smallest absolute Gasteiger partial charge is 0.261 e. The topological polar surface area (TPSA) is 93.9 Å². The summed E-state index contributed by atoms with van der Waals surface area (Å²) >= 11 is 0. The number of rotatable bonds is 6. The first-order valence-corrected chi connectivity index (χ1v) is 12.2. The molecule has 0 spiro atoms. The van der Waals surface area contributed by atoms with Gasteiger partial charge >= 0.3 is 0 Å². The van der Waals surface area contributed by atoms with Gasteiger partial charge in [-0.25, -0.2) is 4.68 Å². The predicted molar refractivity (Wildman–Crippen MR) is 124 cm³/mol. The van der Waals surface area contributed by atoms with E-state index < -0.39 is 10.1 Å². The molecule has 1 aromatic heterocycles. The van der Waals surface area contributed by atoms with Crippen LogP contribution in [0, 0.1) is 6.92 Å². The molecule has 0 aliphatic carbocycles. The summed E-state index contributed by atoms with van der Waals surface area (Å²) in [6.07, 6.45) is 2.76. The lowest BCUT2D eigenvalue weighted by Crippen LogP contribution is -2.38. The van der Waals surface area contributed by atoms with Crippen molar-refractivity contribution in [3.63, 3.8) is 0 Å². The molecule has 32 heavy (non-hydrogen) atoms. The van der Waals surface area contributed by atoms with Gasteiger partial charge in [-0.3, -0.25) is 9.45 Å². The molecule has 2 aromatic carbocycles. The van der Waals surface area contributed by atoms with Gasteiger partial charge < -0.3 is 9.47 Å². The molecule has 3 aromatic rings. The second kappa shape index (κ2) is 11.2. The molecule has 172 valence electrons. The fraction of sp³-hybridized carbons (Fsp3) is 0.348.